The first-order valence-corrected chi connectivity index (χ1v) is 9.83. The molecule has 0 N–H and O–H groups in total. The molecule has 0 atom stereocenters. The van der Waals surface area contributed by atoms with Gasteiger partial charge in [-0.15, -0.1) is 0 Å². The monoisotopic (exact) mass is 395 g/mol. The third-order valence-electron chi connectivity index (χ3n) is 6.40. The Hall–Kier alpha value is -2.05. The van der Waals surface area contributed by atoms with Crippen molar-refractivity contribution in [1.82, 2.24) is 4.90 Å². The van der Waals surface area contributed by atoms with Crippen LogP contribution in [-0.2, 0) is 20.7 Å². The van der Waals surface area contributed by atoms with E-state index < -0.39 is 12.6 Å². The maximum absolute atomic E-state index is 12.7. The number of halogens is 3. The fraction of sp³-hybridized carbons (Fsp3) is 0.619. The molecule has 2 aliphatic heterocycles. The van der Waals surface area contributed by atoms with Crippen LogP contribution in [0.15, 0.2) is 24.3 Å². The van der Waals surface area contributed by atoms with Gasteiger partial charge in [-0.3, -0.25) is 9.59 Å². The van der Waals surface area contributed by atoms with Crippen LogP contribution in [0.3, 0.4) is 0 Å². The van der Waals surface area contributed by atoms with Crippen molar-refractivity contribution in [2.75, 3.05) is 19.7 Å². The molecular weight excluding hydrogens is 371 g/mol. The van der Waals surface area contributed by atoms with Gasteiger partial charge in [0.2, 0.25) is 5.91 Å². The lowest BCUT2D eigenvalue weighted by Gasteiger charge is -2.45. The fourth-order valence-electron chi connectivity index (χ4n) is 4.94. The smallest absolute Gasteiger partial charge is 0.393 e. The summed E-state index contributed by atoms with van der Waals surface area (Å²) in [6.45, 7) is 1.70. The van der Waals surface area contributed by atoms with E-state index in [1.54, 1.807) is 12.1 Å². The number of nitrogens with zero attached hydrogens (tertiary/aromatic N) is 1. The summed E-state index contributed by atoms with van der Waals surface area (Å²) in [5.41, 5.74) is 1.10. The van der Waals surface area contributed by atoms with Crippen molar-refractivity contribution in [2.24, 2.45) is 11.3 Å². The SMILES string of the molecule is O=C1CC2(CO1)CC(C(=O)N1CCC(c3cccc(CC(F)(F)F)c3)CC1)C2. The third kappa shape index (κ3) is 4.03. The first kappa shape index (κ1) is 19.3. The molecule has 1 amide bonds. The van der Waals surface area contributed by atoms with Crippen LogP contribution in [0.4, 0.5) is 13.2 Å². The summed E-state index contributed by atoms with van der Waals surface area (Å²) in [4.78, 5) is 25.9. The van der Waals surface area contributed by atoms with E-state index in [-0.39, 0.29) is 34.7 Å². The molecule has 152 valence electrons. The van der Waals surface area contributed by atoms with Gasteiger partial charge in [-0.25, -0.2) is 0 Å². The number of amides is 1. The number of hydrogen-bond acceptors (Lipinski definition) is 3. The second-order valence-electron chi connectivity index (χ2n) is 8.58. The van der Waals surface area contributed by atoms with Gasteiger partial charge < -0.3 is 9.64 Å². The Morgan fingerprint density at radius 1 is 1.21 bits per heavy atom. The van der Waals surface area contributed by atoms with Crippen molar-refractivity contribution in [2.45, 2.75) is 50.6 Å². The maximum atomic E-state index is 12.7. The molecule has 2 saturated heterocycles. The van der Waals surface area contributed by atoms with Crippen molar-refractivity contribution >= 4 is 11.9 Å². The molecule has 28 heavy (non-hydrogen) atoms. The predicted octanol–water partition coefficient (Wildman–Crippen LogP) is 3.84. The average Bonchev–Trinajstić information content (AvgIpc) is 3.01. The van der Waals surface area contributed by atoms with Crippen LogP contribution in [0.5, 0.6) is 0 Å². The normalized spacial score (nSPS) is 28.3. The number of hydrogen-bond donors (Lipinski definition) is 0. The molecule has 0 aromatic heterocycles. The number of carbonyl (C=O) groups is 2. The molecule has 1 aromatic carbocycles. The largest absolute Gasteiger partial charge is 0.465 e. The van der Waals surface area contributed by atoms with Gasteiger partial charge in [-0.05, 0) is 42.7 Å². The summed E-state index contributed by atoms with van der Waals surface area (Å²) in [5.74, 6) is 0.140. The zero-order valence-electron chi connectivity index (χ0n) is 15.6. The Balaban J connectivity index is 1.30. The number of alkyl halides is 3. The van der Waals surface area contributed by atoms with Gasteiger partial charge in [0.15, 0.2) is 0 Å². The van der Waals surface area contributed by atoms with E-state index in [1.165, 1.54) is 6.07 Å². The summed E-state index contributed by atoms with van der Waals surface area (Å²) in [7, 11) is 0. The molecular formula is C21H24F3NO3. The van der Waals surface area contributed by atoms with Crippen LogP contribution in [-0.4, -0.2) is 42.6 Å². The summed E-state index contributed by atoms with van der Waals surface area (Å²) < 4.78 is 42.9. The molecule has 0 bridgehead atoms. The first-order chi connectivity index (χ1) is 13.2. The molecule has 0 radical (unpaired) electrons. The Morgan fingerprint density at radius 2 is 1.93 bits per heavy atom. The van der Waals surface area contributed by atoms with Crippen molar-refractivity contribution in [3.05, 3.63) is 35.4 Å². The molecule has 1 aliphatic carbocycles. The number of benzene rings is 1. The minimum Gasteiger partial charge on any atom is -0.465 e. The highest BCUT2D eigenvalue weighted by molar-refractivity contribution is 5.81. The summed E-state index contributed by atoms with van der Waals surface area (Å²) in [6, 6.07) is 6.74. The quantitative estimate of drug-likeness (QED) is 0.731. The third-order valence-corrected chi connectivity index (χ3v) is 6.40. The molecule has 7 heteroatoms. The number of likely N-dealkylation sites (tertiary alicyclic amines) is 1. The lowest BCUT2D eigenvalue weighted by Crippen LogP contribution is -2.49. The van der Waals surface area contributed by atoms with Gasteiger partial charge in [0.25, 0.3) is 0 Å². The highest BCUT2D eigenvalue weighted by Gasteiger charge is 2.53. The standard InChI is InChI=1S/C21H24F3NO3/c22-21(23,24)9-14-2-1-3-16(8-14)15-4-6-25(7-5-15)19(27)17-10-20(11-17)12-18(26)28-13-20/h1-3,8,15,17H,4-7,9-13H2. The Kier molecular flexibility index (Phi) is 4.88. The number of piperidine rings is 1. The maximum Gasteiger partial charge on any atom is 0.393 e. The fourth-order valence-corrected chi connectivity index (χ4v) is 4.94. The van der Waals surface area contributed by atoms with E-state index in [1.807, 2.05) is 11.0 Å². The van der Waals surface area contributed by atoms with Gasteiger partial charge in [0.1, 0.15) is 0 Å². The Bertz CT molecular complexity index is 762. The van der Waals surface area contributed by atoms with Gasteiger partial charge in [-0.1, -0.05) is 24.3 Å². The zero-order valence-corrected chi connectivity index (χ0v) is 15.6. The molecule has 1 spiro atoms. The lowest BCUT2D eigenvalue weighted by molar-refractivity contribution is -0.144. The van der Waals surface area contributed by atoms with Crippen molar-refractivity contribution < 1.29 is 27.5 Å². The molecule has 2 heterocycles. The predicted molar refractivity (Wildman–Crippen MR) is 95.5 cm³/mol. The summed E-state index contributed by atoms with van der Waals surface area (Å²) >= 11 is 0. The zero-order chi connectivity index (χ0) is 19.9. The molecule has 4 rings (SSSR count). The second-order valence-corrected chi connectivity index (χ2v) is 8.58. The van der Waals surface area contributed by atoms with Crippen LogP contribution in [0.25, 0.3) is 0 Å². The lowest BCUT2D eigenvalue weighted by atomic mass is 9.61. The molecule has 3 fully saturated rings. The van der Waals surface area contributed by atoms with E-state index in [4.69, 9.17) is 4.74 Å². The van der Waals surface area contributed by atoms with E-state index in [0.717, 1.165) is 31.2 Å². The van der Waals surface area contributed by atoms with E-state index in [9.17, 15) is 22.8 Å². The van der Waals surface area contributed by atoms with Crippen molar-refractivity contribution in [3.8, 4) is 0 Å². The van der Waals surface area contributed by atoms with Gasteiger partial charge in [0, 0.05) is 24.4 Å². The van der Waals surface area contributed by atoms with E-state index >= 15 is 0 Å². The number of cyclic esters (lactones) is 1. The van der Waals surface area contributed by atoms with Crippen LogP contribution >= 0.6 is 0 Å². The molecule has 4 nitrogen and oxygen atoms in total. The van der Waals surface area contributed by atoms with Crippen LogP contribution in [0, 0.1) is 11.3 Å². The summed E-state index contributed by atoms with van der Waals surface area (Å²) in [5, 5.41) is 0. The Labute approximate surface area is 162 Å². The number of rotatable bonds is 3. The topological polar surface area (TPSA) is 46.6 Å². The van der Waals surface area contributed by atoms with E-state index in [0.29, 0.717) is 26.1 Å². The number of carbonyl (C=O) groups excluding carboxylic acids is 2. The Morgan fingerprint density at radius 3 is 2.54 bits per heavy atom. The highest BCUT2D eigenvalue weighted by atomic mass is 19.4. The van der Waals surface area contributed by atoms with Crippen LogP contribution in [0.1, 0.15) is 49.1 Å². The molecule has 1 saturated carbocycles. The number of esters is 1. The molecule has 0 unspecified atom stereocenters. The number of ether oxygens (including phenoxy) is 1. The van der Waals surface area contributed by atoms with Crippen molar-refractivity contribution in [3.63, 3.8) is 0 Å². The van der Waals surface area contributed by atoms with Gasteiger partial charge in [-0.2, -0.15) is 13.2 Å². The van der Waals surface area contributed by atoms with Crippen molar-refractivity contribution in [1.29, 1.82) is 0 Å². The van der Waals surface area contributed by atoms with Gasteiger partial charge >= 0.3 is 12.1 Å². The first-order valence-electron chi connectivity index (χ1n) is 9.83. The minimum absolute atomic E-state index is 0.0267. The minimum atomic E-state index is -4.20. The second kappa shape index (κ2) is 7.08. The van der Waals surface area contributed by atoms with Crippen LogP contribution in [0.2, 0.25) is 0 Å². The summed E-state index contributed by atoms with van der Waals surface area (Å²) in [6.07, 6.45) is -1.72. The van der Waals surface area contributed by atoms with E-state index in [2.05, 4.69) is 0 Å². The molecule has 1 aromatic rings. The molecule has 3 aliphatic rings. The average molecular weight is 395 g/mol. The van der Waals surface area contributed by atoms with Crippen LogP contribution < -0.4 is 0 Å². The van der Waals surface area contributed by atoms with Gasteiger partial charge in [0.05, 0.1) is 19.4 Å². The highest BCUT2D eigenvalue weighted by Crippen LogP contribution is 2.52.